The topological polar surface area (TPSA) is 47.7 Å². The van der Waals surface area contributed by atoms with Crippen LogP contribution < -0.4 is 5.73 Å². The molecule has 4 heteroatoms. The van der Waals surface area contributed by atoms with Gasteiger partial charge >= 0.3 is 0 Å². The summed E-state index contributed by atoms with van der Waals surface area (Å²) in [4.78, 5) is 2.34. The largest absolute Gasteiger partial charge is 0.399 e. The molecule has 19 heavy (non-hydrogen) atoms. The third kappa shape index (κ3) is 5.19. The van der Waals surface area contributed by atoms with Crippen LogP contribution in [0.25, 0.3) is 0 Å². The Hall–Kier alpha value is -1.10. The van der Waals surface area contributed by atoms with E-state index in [0.717, 1.165) is 30.9 Å². The molecule has 1 atom stereocenters. The summed E-state index contributed by atoms with van der Waals surface area (Å²) in [5, 5.41) is 0. The standard InChI is InChI=1S/C15H26N2O2/c1-12-5-6-14(9-15(12)16)10-17(7-8-18-3)13(2)11-19-4/h5-6,9,13H,7-8,10-11,16H2,1-4H3. The Morgan fingerprint density at radius 2 is 2.00 bits per heavy atom. The van der Waals surface area contributed by atoms with E-state index in [4.69, 9.17) is 15.2 Å². The van der Waals surface area contributed by atoms with Crippen LogP contribution >= 0.6 is 0 Å². The molecular weight excluding hydrogens is 240 g/mol. The molecule has 0 aliphatic heterocycles. The van der Waals surface area contributed by atoms with Crippen LogP contribution in [0.15, 0.2) is 18.2 Å². The van der Waals surface area contributed by atoms with Crippen molar-refractivity contribution in [2.75, 3.05) is 39.7 Å². The van der Waals surface area contributed by atoms with Crippen molar-refractivity contribution in [3.8, 4) is 0 Å². The number of hydrogen-bond acceptors (Lipinski definition) is 4. The molecule has 0 aliphatic rings. The summed E-state index contributed by atoms with van der Waals surface area (Å²) in [7, 11) is 3.46. The van der Waals surface area contributed by atoms with Gasteiger partial charge in [-0.05, 0) is 31.0 Å². The number of nitrogens with zero attached hydrogens (tertiary/aromatic N) is 1. The van der Waals surface area contributed by atoms with E-state index >= 15 is 0 Å². The van der Waals surface area contributed by atoms with Crippen molar-refractivity contribution in [2.24, 2.45) is 0 Å². The number of aryl methyl sites for hydroxylation is 1. The maximum atomic E-state index is 5.96. The molecule has 0 saturated carbocycles. The SMILES string of the molecule is COCCN(Cc1ccc(C)c(N)c1)C(C)COC. The highest BCUT2D eigenvalue weighted by atomic mass is 16.5. The first-order chi connectivity index (χ1) is 9.08. The first-order valence-corrected chi connectivity index (χ1v) is 6.65. The Labute approximate surface area is 116 Å². The van der Waals surface area contributed by atoms with E-state index in [-0.39, 0.29) is 0 Å². The molecule has 0 bridgehead atoms. The summed E-state index contributed by atoms with van der Waals surface area (Å²) in [6.07, 6.45) is 0. The molecule has 0 heterocycles. The number of anilines is 1. The van der Waals surface area contributed by atoms with Gasteiger partial charge in [-0.15, -0.1) is 0 Å². The third-order valence-corrected chi connectivity index (χ3v) is 3.34. The molecule has 0 amide bonds. The van der Waals surface area contributed by atoms with Crippen molar-refractivity contribution in [3.63, 3.8) is 0 Å². The quantitative estimate of drug-likeness (QED) is 0.732. The van der Waals surface area contributed by atoms with E-state index < -0.39 is 0 Å². The summed E-state index contributed by atoms with van der Waals surface area (Å²) < 4.78 is 10.4. The number of nitrogen functional groups attached to an aromatic ring is 1. The van der Waals surface area contributed by atoms with Crippen LogP contribution in [0.3, 0.4) is 0 Å². The lowest BCUT2D eigenvalue weighted by Crippen LogP contribution is -2.38. The average Bonchev–Trinajstić information content (AvgIpc) is 2.39. The smallest absolute Gasteiger partial charge is 0.0615 e. The van der Waals surface area contributed by atoms with E-state index in [1.807, 2.05) is 6.92 Å². The highest BCUT2D eigenvalue weighted by Gasteiger charge is 2.14. The zero-order valence-corrected chi connectivity index (χ0v) is 12.5. The van der Waals surface area contributed by atoms with Crippen LogP contribution in [-0.4, -0.2) is 44.9 Å². The highest BCUT2D eigenvalue weighted by molar-refractivity contribution is 5.48. The third-order valence-electron chi connectivity index (χ3n) is 3.34. The van der Waals surface area contributed by atoms with Gasteiger partial charge in [-0.2, -0.15) is 0 Å². The first-order valence-electron chi connectivity index (χ1n) is 6.65. The monoisotopic (exact) mass is 266 g/mol. The van der Waals surface area contributed by atoms with Gasteiger partial charge in [-0.1, -0.05) is 12.1 Å². The molecule has 0 aromatic heterocycles. The number of methoxy groups -OCH3 is 2. The van der Waals surface area contributed by atoms with Gasteiger partial charge in [-0.3, -0.25) is 4.90 Å². The highest BCUT2D eigenvalue weighted by Crippen LogP contribution is 2.15. The van der Waals surface area contributed by atoms with Gasteiger partial charge < -0.3 is 15.2 Å². The molecule has 1 unspecified atom stereocenters. The Balaban J connectivity index is 2.71. The van der Waals surface area contributed by atoms with Gasteiger partial charge in [0.15, 0.2) is 0 Å². The second-order valence-electron chi connectivity index (χ2n) is 4.96. The lowest BCUT2D eigenvalue weighted by atomic mass is 10.1. The zero-order valence-electron chi connectivity index (χ0n) is 12.5. The van der Waals surface area contributed by atoms with Gasteiger partial charge in [-0.25, -0.2) is 0 Å². The van der Waals surface area contributed by atoms with E-state index in [9.17, 15) is 0 Å². The number of rotatable bonds is 8. The van der Waals surface area contributed by atoms with Gasteiger partial charge in [0, 0.05) is 39.0 Å². The van der Waals surface area contributed by atoms with Crippen molar-refractivity contribution in [3.05, 3.63) is 29.3 Å². The van der Waals surface area contributed by atoms with Crippen molar-refractivity contribution in [1.29, 1.82) is 0 Å². The van der Waals surface area contributed by atoms with Crippen molar-refractivity contribution in [2.45, 2.75) is 26.4 Å². The number of hydrogen-bond donors (Lipinski definition) is 1. The number of benzene rings is 1. The van der Waals surface area contributed by atoms with Crippen LogP contribution in [0.2, 0.25) is 0 Å². The van der Waals surface area contributed by atoms with Crippen molar-refractivity contribution >= 4 is 5.69 Å². The van der Waals surface area contributed by atoms with Gasteiger partial charge in [0.2, 0.25) is 0 Å². The lowest BCUT2D eigenvalue weighted by molar-refractivity contribution is 0.0705. The fourth-order valence-corrected chi connectivity index (χ4v) is 2.03. The first kappa shape index (κ1) is 16.0. The summed E-state index contributed by atoms with van der Waals surface area (Å²) >= 11 is 0. The average molecular weight is 266 g/mol. The second-order valence-corrected chi connectivity index (χ2v) is 4.96. The molecule has 1 aromatic rings. The Morgan fingerprint density at radius 3 is 2.58 bits per heavy atom. The van der Waals surface area contributed by atoms with Crippen molar-refractivity contribution in [1.82, 2.24) is 4.90 Å². The fourth-order valence-electron chi connectivity index (χ4n) is 2.03. The van der Waals surface area contributed by atoms with E-state index in [1.54, 1.807) is 14.2 Å². The van der Waals surface area contributed by atoms with E-state index in [1.165, 1.54) is 5.56 Å². The summed E-state index contributed by atoms with van der Waals surface area (Å²) in [6, 6.07) is 6.60. The summed E-state index contributed by atoms with van der Waals surface area (Å²) in [5.74, 6) is 0. The Bertz CT molecular complexity index is 382. The Morgan fingerprint density at radius 1 is 1.26 bits per heavy atom. The number of ether oxygens (including phenoxy) is 2. The molecule has 108 valence electrons. The van der Waals surface area contributed by atoms with Crippen LogP contribution in [0.4, 0.5) is 5.69 Å². The summed E-state index contributed by atoms with van der Waals surface area (Å²) in [6.45, 7) is 7.36. The van der Waals surface area contributed by atoms with E-state index in [0.29, 0.717) is 12.6 Å². The van der Waals surface area contributed by atoms with Crippen molar-refractivity contribution < 1.29 is 9.47 Å². The van der Waals surface area contributed by atoms with Crippen LogP contribution in [-0.2, 0) is 16.0 Å². The molecule has 0 saturated heterocycles. The fraction of sp³-hybridized carbons (Fsp3) is 0.600. The molecular formula is C15H26N2O2. The predicted molar refractivity (Wildman–Crippen MR) is 79.2 cm³/mol. The molecule has 0 radical (unpaired) electrons. The second kappa shape index (κ2) is 8.15. The normalized spacial score (nSPS) is 12.9. The Kier molecular flexibility index (Phi) is 6.84. The van der Waals surface area contributed by atoms with Crippen LogP contribution in [0.5, 0.6) is 0 Å². The van der Waals surface area contributed by atoms with Gasteiger partial charge in [0.1, 0.15) is 0 Å². The molecule has 1 rings (SSSR count). The minimum absolute atomic E-state index is 0.350. The van der Waals surface area contributed by atoms with Gasteiger partial charge in [0.05, 0.1) is 13.2 Å². The predicted octanol–water partition coefficient (Wildman–Crippen LogP) is 2.06. The molecule has 1 aromatic carbocycles. The van der Waals surface area contributed by atoms with Crippen LogP contribution in [0, 0.1) is 6.92 Å². The van der Waals surface area contributed by atoms with E-state index in [2.05, 4.69) is 30.0 Å². The zero-order chi connectivity index (χ0) is 14.3. The van der Waals surface area contributed by atoms with Gasteiger partial charge in [0.25, 0.3) is 0 Å². The lowest BCUT2D eigenvalue weighted by Gasteiger charge is -2.28. The maximum absolute atomic E-state index is 5.96. The maximum Gasteiger partial charge on any atom is 0.0615 e. The molecule has 0 fully saturated rings. The molecule has 0 aliphatic carbocycles. The van der Waals surface area contributed by atoms with Crippen LogP contribution in [0.1, 0.15) is 18.1 Å². The molecule has 2 N–H and O–H groups in total. The summed E-state index contributed by atoms with van der Waals surface area (Å²) in [5.41, 5.74) is 9.16. The molecule has 4 nitrogen and oxygen atoms in total. The number of nitrogens with two attached hydrogens (primary N) is 1. The minimum atomic E-state index is 0.350. The molecule has 0 spiro atoms. The minimum Gasteiger partial charge on any atom is -0.399 e.